The predicted molar refractivity (Wildman–Crippen MR) is 112 cm³/mol. The Bertz CT molecular complexity index is 904. The van der Waals surface area contributed by atoms with E-state index in [-0.39, 0.29) is 24.0 Å². The number of nitrogens with one attached hydrogen (secondary N) is 1. The third-order valence-corrected chi connectivity index (χ3v) is 7.50. The molecule has 0 unspecified atom stereocenters. The monoisotopic (exact) mass is 410 g/mol. The summed E-state index contributed by atoms with van der Waals surface area (Å²) in [5.74, 6) is -0.150. The first-order valence-electron chi connectivity index (χ1n) is 11.0. The van der Waals surface area contributed by atoms with Crippen molar-refractivity contribution in [2.45, 2.75) is 62.8 Å². The van der Waals surface area contributed by atoms with Crippen LogP contribution in [0, 0.1) is 11.8 Å². The Morgan fingerprint density at radius 3 is 2.77 bits per heavy atom. The van der Waals surface area contributed by atoms with Crippen molar-refractivity contribution in [2.75, 3.05) is 13.7 Å². The molecule has 3 aliphatic heterocycles. The molecule has 4 aliphatic rings. The van der Waals surface area contributed by atoms with Crippen LogP contribution >= 0.6 is 0 Å². The van der Waals surface area contributed by atoms with Gasteiger partial charge in [-0.3, -0.25) is 9.59 Å². The van der Waals surface area contributed by atoms with Crippen LogP contribution in [0.25, 0.3) is 0 Å². The number of carbonyl (C=O) groups excluding carboxylic acids is 2. The van der Waals surface area contributed by atoms with E-state index in [4.69, 9.17) is 9.47 Å². The third kappa shape index (κ3) is 2.73. The second-order valence-electron chi connectivity index (χ2n) is 9.47. The molecule has 1 aliphatic carbocycles. The van der Waals surface area contributed by atoms with Crippen LogP contribution < -0.4 is 10.1 Å². The van der Waals surface area contributed by atoms with Gasteiger partial charge < -0.3 is 19.7 Å². The zero-order valence-electron chi connectivity index (χ0n) is 17.9. The van der Waals surface area contributed by atoms with E-state index in [1.54, 1.807) is 7.11 Å². The maximum absolute atomic E-state index is 13.7. The fourth-order valence-electron chi connectivity index (χ4n) is 5.97. The van der Waals surface area contributed by atoms with Crippen molar-refractivity contribution in [3.63, 3.8) is 0 Å². The first-order chi connectivity index (χ1) is 14.4. The van der Waals surface area contributed by atoms with Crippen LogP contribution in [-0.2, 0) is 19.9 Å². The second-order valence-corrected chi connectivity index (χ2v) is 9.47. The summed E-state index contributed by atoms with van der Waals surface area (Å²) in [4.78, 5) is 28.7. The number of rotatable bonds is 5. The molecule has 1 aromatic rings. The normalized spacial score (nSPS) is 33.4. The van der Waals surface area contributed by atoms with Gasteiger partial charge in [-0.15, -0.1) is 0 Å². The number of likely N-dealkylation sites (tertiary alicyclic amines) is 1. The van der Waals surface area contributed by atoms with Gasteiger partial charge in [0.25, 0.3) is 0 Å². The molecule has 6 nitrogen and oxygen atoms in total. The lowest BCUT2D eigenvalue weighted by molar-refractivity contribution is -0.139. The second kappa shape index (κ2) is 6.84. The summed E-state index contributed by atoms with van der Waals surface area (Å²) in [6.45, 7) is 4.56. The first kappa shape index (κ1) is 19.6. The quantitative estimate of drug-likeness (QED) is 0.758. The molecule has 0 aromatic heterocycles. The molecule has 1 aromatic carbocycles. The first-order valence-corrected chi connectivity index (χ1v) is 11.0. The molecule has 1 N–H and O–H groups in total. The number of hydrogen-bond acceptors (Lipinski definition) is 4. The highest BCUT2D eigenvalue weighted by Crippen LogP contribution is 2.52. The number of methoxy groups -OCH3 is 1. The third-order valence-electron chi connectivity index (χ3n) is 7.50. The van der Waals surface area contributed by atoms with E-state index >= 15 is 0 Å². The lowest BCUT2D eigenvalue weighted by Gasteiger charge is -2.34. The van der Waals surface area contributed by atoms with Gasteiger partial charge in [-0.2, -0.15) is 0 Å². The standard InChI is InChI=1S/C24H30N2O4/c1-15(2)26-14-24-12-9-18(30-24)19(20(24)22(26)28)21(27)25-23(10-4-5-11-23)16-7-6-8-17(13-16)29-3/h6-9,12-13,15,18-20H,4-5,10-11,14H2,1-3H3,(H,25,27)/t18-,19+,20+,24+/m1/s1. The van der Waals surface area contributed by atoms with Crippen molar-refractivity contribution < 1.29 is 19.1 Å². The van der Waals surface area contributed by atoms with Crippen LogP contribution in [0.3, 0.4) is 0 Å². The minimum Gasteiger partial charge on any atom is -0.497 e. The van der Waals surface area contributed by atoms with E-state index in [2.05, 4.69) is 11.4 Å². The summed E-state index contributed by atoms with van der Waals surface area (Å²) in [5.41, 5.74) is 0.0138. The summed E-state index contributed by atoms with van der Waals surface area (Å²) in [6, 6.07) is 8.07. The highest BCUT2D eigenvalue weighted by molar-refractivity contribution is 5.93. The van der Waals surface area contributed by atoms with Crippen LogP contribution in [0.4, 0.5) is 0 Å². The lowest BCUT2D eigenvalue weighted by atomic mass is 9.76. The molecular formula is C24H30N2O4. The van der Waals surface area contributed by atoms with Gasteiger partial charge in [0.1, 0.15) is 11.4 Å². The van der Waals surface area contributed by atoms with Crippen LogP contribution in [-0.4, -0.2) is 48.1 Å². The fraction of sp³-hybridized carbons (Fsp3) is 0.583. The van der Waals surface area contributed by atoms with E-state index in [1.807, 2.05) is 49.1 Å². The fourth-order valence-corrected chi connectivity index (χ4v) is 5.97. The van der Waals surface area contributed by atoms with Gasteiger partial charge in [0, 0.05) is 6.04 Å². The van der Waals surface area contributed by atoms with E-state index in [0.717, 1.165) is 37.0 Å². The Kier molecular flexibility index (Phi) is 4.47. The summed E-state index contributed by atoms with van der Waals surface area (Å²) < 4.78 is 11.7. The van der Waals surface area contributed by atoms with E-state index in [9.17, 15) is 9.59 Å². The number of carbonyl (C=O) groups is 2. The van der Waals surface area contributed by atoms with Gasteiger partial charge in [0.2, 0.25) is 11.8 Å². The van der Waals surface area contributed by atoms with Crippen molar-refractivity contribution in [3.05, 3.63) is 42.0 Å². The van der Waals surface area contributed by atoms with E-state index < -0.39 is 23.0 Å². The van der Waals surface area contributed by atoms with Gasteiger partial charge in [-0.05, 0) is 44.4 Å². The lowest BCUT2D eigenvalue weighted by Crippen LogP contribution is -2.51. The van der Waals surface area contributed by atoms with Gasteiger partial charge in [-0.1, -0.05) is 37.1 Å². The predicted octanol–water partition coefficient (Wildman–Crippen LogP) is 2.77. The Hall–Kier alpha value is -2.34. The number of benzene rings is 1. The maximum atomic E-state index is 13.7. The number of hydrogen-bond donors (Lipinski definition) is 1. The highest BCUT2D eigenvalue weighted by Gasteiger charge is 2.67. The minimum atomic E-state index is -0.646. The summed E-state index contributed by atoms with van der Waals surface area (Å²) in [5, 5.41) is 3.38. The molecule has 160 valence electrons. The van der Waals surface area contributed by atoms with Gasteiger partial charge in [0.15, 0.2) is 0 Å². The van der Waals surface area contributed by atoms with Crippen LogP contribution in [0.15, 0.2) is 36.4 Å². The zero-order valence-corrected chi connectivity index (χ0v) is 17.9. The molecule has 30 heavy (non-hydrogen) atoms. The summed E-state index contributed by atoms with van der Waals surface area (Å²) >= 11 is 0. The number of ether oxygens (including phenoxy) is 2. The Balaban J connectivity index is 1.44. The number of fused-ring (bicyclic) bond motifs is 1. The highest BCUT2D eigenvalue weighted by atomic mass is 16.5. The minimum absolute atomic E-state index is 0.0406. The van der Waals surface area contributed by atoms with Crippen LogP contribution in [0.1, 0.15) is 45.1 Å². The molecule has 3 fully saturated rings. The Labute approximate surface area is 177 Å². The molecule has 1 saturated carbocycles. The van der Waals surface area contributed by atoms with Gasteiger partial charge >= 0.3 is 0 Å². The molecule has 1 spiro atoms. The number of amides is 2. The molecule has 5 rings (SSSR count). The smallest absolute Gasteiger partial charge is 0.230 e. The van der Waals surface area contributed by atoms with Crippen molar-refractivity contribution in [3.8, 4) is 5.75 Å². The Morgan fingerprint density at radius 2 is 2.07 bits per heavy atom. The molecule has 2 bridgehead atoms. The van der Waals surface area contributed by atoms with E-state index in [0.29, 0.717) is 6.54 Å². The van der Waals surface area contributed by atoms with Crippen LogP contribution in [0.2, 0.25) is 0 Å². The van der Waals surface area contributed by atoms with Crippen LogP contribution in [0.5, 0.6) is 5.75 Å². The van der Waals surface area contributed by atoms with Gasteiger partial charge in [-0.25, -0.2) is 0 Å². The molecule has 2 amide bonds. The summed E-state index contributed by atoms with van der Waals surface area (Å²) in [7, 11) is 1.66. The average molecular weight is 411 g/mol. The SMILES string of the molecule is COc1cccc(C2(NC(=O)[C@@H]3[C@H]4C(=O)N(C(C)C)C[C@@]45C=C[C@H]3O5)CCCC2)c1. The maximum Gasteiger partial charge on any atom is 0.230 e. The molecule has 3 heterocycles. The number of nitrogens with zero attached hydrogens (tertiary/aromatic N) is 1. The largest absolute Gasteiger partial charge is 0.497 e. The Morgan fingerprint density at radius 1 is 1.30 bits per heavy atom. The van der Waals surface area contributed by atoms with Crippen molar-refractivity contribution >= 4 is 11.8 Å². The molecule has 0 radical (unpaired) electrons. The van der Waals surface area contributed by atoms with E-state index in [1.165, 1.54) is 0 Å². The molecule has 6 heteroatoms. The average Bonchev–Trinajstić information content (AvgIpc) is 3.49. The molecular weight excluding hydrogens is 380 g/mol. The van der Waals surface area contributed by atoms with Crippen molar-refractivity contribution in [1.82, 2.24) is 10.2 Å². The molecule has 2 saturated heterocycles. The summed E-state index contributed by atoms with van der Waals surface area (Å²) in [6.07, 6.45) is 7.58. The molecule has 4 atom stereocenters. The topological polar surface area (TPSA) is 67.9 Å². The van der Waals surface area contributed by atoms with Crippen molar-refractivity contribution in [2.24, 2.45) is 11.8 Å². The van der Waals surface area contributed by atoms with Crippen molar-refractivity contribution in [1.29, 1.82) is 0 Å². The zero-order chi connectivity index (χ0) is 21.1. The van der Waals surface area contributed by atoms with Gasteiger partial charge in [0.05, 0.1) is 37.1 Å².